The lowest BCUT2D eigenvalue weighted by Gasteiger charge is -2.27. The van der Waals surface area contributed by atoms with Crippen molar-refractivity contribution in [3.05, 3.63) is 53.7 Å². The highest BCUT2D eigenvalue weighted by atomic mass is 32.2. The van der Waals surface area contributed by atoms with Crippen LogP contribution in [0.4, 0.5) is 5.82 Å². The first-order chi connectivity index (χ1) is 11.8. The molecule has 0 spiro atoms. The van der Waals surface area contributed by atoms with Crippen LogP contribution in [0.25, 0.3) is 0 Å². The van der Waals surface area contributed by atoms with Gasteiger partial charge in [0.25, 0.3) is 5.91 Å². The van der Waals surface area contributed by atoms with Crippen LogP contribution in [-0.4, -0.2) is 30.2 Å². The van der Waals surface area contributed by atoms with E-state index in [0.717, 1.165) is 29.4 Å². The van der Waals surface area contributed by atoms with Crippen LogP contribution in [0.1, 0.15) is 35.2 Å². The number of hydrogen-bond donors (Lipinski definition) is 1. The van der Waals surface area contributed by atoms with E-state index in [0.29, 0.717) is 12.1 Å². The Kier molecular flexibility index (Phi) is 5.75. The Morgan fingerprint density at radius 3 is 2.62 bits per heavy atom. The highest BCUT2D eigenvalue weighted by Gasteiger charge is 2.12. The van der Waals surface area contributed by atoms with E-state index in [1.54, 1.807) is 11.8 Å². The zero-order valence-corrected chi connectivity index (χ0v) is 14.8. The standard InChI is InChI=1S/C19H23N3OS/c1-24-17-7-5-16(6-8-17)19(23)21-14-15-9-10-20-18(13-15)22-11-3-2-4-12-22/h5-10,13H,2-4,11-12,14H2,1H3,(H,21,23). The molecule has 1 amide bonds. The van der Waals surface area contributed by atoms with Crippen LogP contribution in [-0.2, 0) is 6.54 Å². The third-order valence-electron chi connectivity index (χ3n) is 4.30. The van der Waals surface area contributed by atoms with E-state index in [-0.39, 0.29) is 5.91 Å². The molecule has 1 aliphatic rings. The molecule has 2 aromatic rings. The maximum atomic E-state index is 12.3. The van der Waals surface area contributed by atoms with E-state index in [9.17, 15) is 4.79 Å². The third kappa shape index (κ3) is 4.29. The average molecular weight is 341 g/mol. The molecule has 1 fully saturated rings. The van der Waals surface area contributed by atoms with Crippen LogP contribution in [0.5, 0.6) is 0 Å². The smallest absolute Gasteiger partial charge is 0.251 e. The highest BCUT2D eigenvalue weighted by molar-refractivity contribution is 7.98. The lowest BCUT2D eigenvalue weighted by molar-refractivity contribution is 0.0951. The molecule has 1 aliphatic heterocycles. The predicted octanol–water partition coefficient (Wildman–Crippen LogP) is 3.72. The van der Waals surface area contributed by atoms with Crippen molar-refractivity contribution in [2.75, 3.05) is 24.2 Å². The second-order valence-corrected chi connectivity index (χ2v) is 6.86. The zero-order chi connectivity index (χ0) is 16.8. The summed E-state index contributed by atoms with van der Waals surface area (Å²) in [5.41, 5.74) is 1.78. The molecule has 2 heterocycles. The van der Waals surface area contributed by atoms with E-state index >= 15 is 0 Å². The van der Waals surface area contributed by atoms with Gasteiger partial charge in [0, 0.05) is 36.3 Å². The Hall–Kier alpha value is -2.01. The first kappa shape index (κ1) is 16.8. The number of aromatic nitrogens is 1. The number of pyridine rings is 1. The van der Waals surface area contributed by atoms with Gasteiger partial charge in [-0.2, -0.15) is 0 Å². The number of hydrogen-bond acceptors (Lipinski definition) is 4. The zero-order valence-electron chi connectivity index (χ0n) is 14.0. The van der Waals surface area contributed by atoms with Crippen molar-refractivity contribution >= 4 is 23.5 Å². The first-order valence-corrected chi connectivity index (χ1v) is 9.61. The summed E-state index contributed by atoms with van der Waals surface area (Å²) in [6.45, 7) is 2.67. The summed E-state index contributed by atoms with van der Waals surface area (Å²) in [5.74, 6) is 0.977. The molecule has 24 heavy (non-hydrogen) atoms. The van der Waals surface area contributed by atoms with E-state index < -0.39 is 0 Å². The summed E-state index contributed by atoms with van der Waals surface area (Å²) < 4.78 is 0. The number of nitrogens with zero attached hydrogens (tertiary/aromatic N) is 2. The Morgan fingerprint density at radius 2 is 1.92 bits per heavy atom. The van der Waals surface area contributed by atoms with Crippen molar-refractivity contribution in [2.24, 2.45) is 0 Å². The second-order valence-electron chi connectivity index (χ2n) is 5.98. The van der Waals surface area contributed by atoms with E-state index in [4.69, 9.17) is 0 Å². The SMILES string of the molecule is CSc1ccc(C(=O)NCc2ccnc(N3CCCCC3)c2)cc1. The van der Waals surface area contributed by atoms with E-state index in [1.807, 2.05) is 42.8 Å². The van der Waals surface area contributed by atoms with Crippen molar-refractivity contribution in [3.63, 3.8) is 0 Å². The van der Waals surface area contributed by atoms with Crippen molar-refractivity contribution in [1.29, 1.82) is 0 Å². The molecule has 126 valence electrons. The second kappa shape index (κ2) is 8.20. The summed E-state index contributed by atoms with van der Waals surface area (Å²) in [6, 6.07) is 11.7. The Labute approximate surface area is 147 Å². The third-order valence-corrected chi connectivity index (χ3v) is 5.04. The lowest BCUT2D eigenvalue weighted by Crippen LogP contribution is -2.30. The van der Waals surface area contributed by atoms with Gasteiger partial charge in [-0.05, 0) is 67.5 Å². The molecule has 1 aromatic carbocycles. The van der Waals surface area contributed by atoms with Gasteiger partial charge in [0.2, 0.25) is 0 Å². The number of carbonyl (C=O) groups is 1. The molecule has 5 heteroatoms. The number of anilines is 1. The molecule has 3 rings (SSSR count). The Balaban J connectivity index is 1.60. The highest BCUT2D eigenvalue weighted by Crippen LogP contribution is 2.18. The number of amides is 1. The normalized spacial score (nSPS) is 14.5. The number of thioether (sulfide) groups is 1. The molecule has 0 aliphatic carbocycles. The molecule has 1 aromatic heterocycles. The quantitative estimate of drug-likeness (QED) is 0.842. The number of carbonyl (C=O) groups excluding carboxylic acids is 1. The average Bonchev–Trinajstić information content (AvgIpc) is 2.67. The summed E-state index contributed by atoms with van der Waals surface area (Å²) >= 11 is 1.67. The fraction of sp³-hybridized carbons (Fsp3) is 0.368. The molecule has 0 saturated carbocycles. The summed E-state index contributed by atoms with van der Waals surface area (Å²) in [7, 11) is 0. The molecular weight excluding hydrogens is 318 g/mol. The number of rotatable bonds is 5. The van der Waals surface area contributed by atoms with Gasteiger partial charge >= 0.3 is 0 Å². The lowest BCUT2D eigenvalue weighted by atomic mass is 10.1. The van der Waals surface area contributed by atoms with Gasteiger partial charge in [0.1, 0.15) is 5.82 Å². The monoisotopic (exact) mass is 341 g/mol. The van der Waals surface area contributed by atoms with Crippen LogP contribution in [0.2, 0.25) is 0 Å². The largest absolute Gasteiger partial charge is 0.357 e. The maximum Gasteiger partial charge on any atom is 0.251 e. The summed E-state index contributed by atoms with van der Waals surface area (Å²) in [4.78, 5) is 20.2. The van der Waals surface area contributed by atoms with E-state index in [2.05, 4.69) is 21.3 Å². The van der Waals surface area contributed by atoms with Crippen molar-refractivity contribution in [2.45, 2.75) is 30.7 Å². The molecular formula is C19H23N3OS. The maximum absolute atomic E-state index is 12.3. The number of nitrogens with one attached hydrogen (secondary N) is 1. The van der Waals surface area contributed by atoms with Gasteiger partial charge in [-0.25, -0.2) is 4.98 Å². The molecule has 4 nitrogen and oxygen atoms in total. The minimum Gasteiger partial charge on any atom is -0.357 e. The van der Waals surface area contributed by atoms with E-state index in [1.165, 1.54) is 19.3 Å². The van der Waals surface area contributed by atoms with Gasteiger partial charge in [-0.3, -0.25) is 4.79 Å². The van der Waals surface area contributed by atoms with Gasteiger partial charge in [-0.1, -0.05) is 0 Å². The summed E-state index contributed by atoms with van der Waals surface area (Å²) in [6.07, 6.45) is 7.63. The van der Waals surface area contributed by atoms with Crippen molar-refractivity contribution < 1.29 is 4.79 Å². The van der Waals surface area contributed by atoms with Gasteiger partial charge < -0.3 is 10.2 Å². The van der Waals surface area contributed by atoms with Crippen LogP contribution < -0.4 is 10.2 Å². The topological polar surface area (TPSA) is 45.2 Å². The van der Waals surface area contributed by atoms with Gasteiger partial charge in [-0.15, -0.1) is 11.8 Å². The Bertz CT molecular complexity index is 681. The van der Waals surface area contributed by atoms with Gasteiger partial charge in [0.15, 0.2) is 0 Å². The van der Waals surface area contributed by atoms with Crippen molar-refractivity contribution in [1.82, 2.24) is 10.3 Å². The van der Waals surface area contributed by atoms with Crippen molar-refractivity contribution in [3.8, 4) is 0 Å². The molecule has 0 unspecified atom stereocenters. The van der Waals surface area contributed by atoms with Crippen LogP contribution in [0.15, 0.2) is 47.5 Å². The minimum atomic E-state index is -0.0426. The van der Waals surface area contributed by atoms with Crippen LogP contribution in [0, 0.1) is 0 Å². The fourth-order valence-corrected chi connectivity index (χ4v) is 3.30. The number of benzene rings is 1. The minimum absolute atomic E-state index is 0.0426. The molecule has 0 bridgehead atoms. The molecule has 1 N–H and O–H groups in total. The first-order valence-electron chi connectivity index (χ1n) is 8.38. The molecule has 0 atom stereocenters. The predicted molar refractivity (Wildman–Crippen MR) is 99.7 cm³/mol. The van der Waals surface area contributed by atoms with Gasteiger partial charge in [0.05, 0.1) is 0 Å². The molecule has 1 saturated heterocycles. The Morgan fingerprint density at radius 1 is 1.17 bits per heavy atom. The molecule has 0 radical (unpaired) electrons. The number of piperidine rings is 1. The fourth-order valence-electron chi connectivity index (χ4n) is 2.89. The summed E-state index contributed by atoms with van der Waals surface area (Å²) in [5, 5.41) is 2.99. The van der Waals surface area contributed by atoms with Crippen LogP contribution in [0.3, 0.4) is 0 Å². The van der Waals surface area contributed by atoms with Crippen LogP contribution >= 0.6 is 11.8 Å².